The van der Waals surface area contributed by atoms with Crippen molar-refractivity contribution < 1.29 is 0 Å². The molecule has 3 nitrogen and oxygen atoms in total. The minimum atomic E-state index is 0.143. The lowest BCUT2D eigenvalue weighted by atomic mass is 10.1. The second kappa shape index (κ2) is 4.87. The standard InChI is InChI=1S/C14H17N3/c1-10-6-5-9-16-14(10)17-11(2)12-7-3-4-8-13(12)15/h3-9,11H,15H2,1-2H3,(H,16,17). The first kappa shape index (κ1) is 11.5. The molecule has 0 spiro atoms. The van der Waals surface area contributed by atoms with Gasteiger partial charge in [-0.05, 0) is 37.1 Å². The second-order valence-electron chi connectivity index (χ2n) is 4.16. The van der Waals surface area contributed by atoms with Crippen molar-refractivity contribution in [2.45, 2.75) is 19.9 Å². The number of aromatic nitrogens is 1. The van der Waals surface area contributed by atoms with Gasteiger partial charge in [-0.25, -0.2) is 4.98 Å². The summed E-state index contributed by atoms with van der Waals surface area (Å²) in [5.74, 6) is 0.906. The zero-order chi connectivity index (χ0) is 12.3. The smallest absolute Gasteiger partial charge is 0.129 e. The van der Waals surface area contributed by atoms with Crippen molar-refractivity contribution in [3.05, 3.63) is 53.7 Å². The normalized spacial score (nSPS) is 12.1. The van der Waals surface area contributed by atoms with Crippen molar-refractivity contribution >= 4 is 11.5 Å². The minimum absolute atomic E-state index is 0.143. The molecule has 3 N–H and O–H groups in total. The monoisotopic (exact) mass is 227 g/mol. The quantitative estimate of drug-likeness (QED) is 0.792. The maximum absolute atomic E-state index is 5.95. The summed E-state index contributed by atoms with van der Waals surface area (Å²) in [6, 6.07) is 12.0. The molecule has 0 aliphatic rings. The molecule has 1 atom stereocenters. The van der Waals surface area contributed by atoms with Crippen LogP contribution in [0.5, 0.6) is 0 Å². The minimum Gasteiger partial charge on any atom is -0.398 e. The van der Waals surface area contributed by atoms with Crippen LogP contribution in [0.3, 0.4) is 0 Å². The van der Waals surface area contributed by atoms with Gasteiger partial charge in [-0.1, -0.05) is 24.3 Å². The molecule has 0 aliphatic heterocycles. The maximum Gasteiger partial charge on any atom is 0.129 e. The Labute approximate surface area is 102 Å². The summed E-state index contributed by atoms with van der Waals surface area (Å²) >= 11 is 0. The van der Waals surface area contributed by atoms with Gasteiger partial charge < -0.3 is 11.1 Å². The Bertz CT molecular complexity index is 508. The van der Waals surface area contributed by atoms with E-state index in [0.29, 0.717) is 0 Å². The highest BCUT2D eigenvalue weighted by atomic mass is 15.0. The van der Waals surface area contributed by atoms with E-state index in [4.69, 9.17) is 5.73 Å². The third-order valence-electron chi connectivity index (χ3n) is 2.83. The van der Waals surface area contributed by atoms with Crippen LogP contribution in [0.4, 0.5) is 11.5 Å². The Morgan fingerprint density at radius 3 is 2.65 bits per heavy atom. The van der Waals surface area contributed by atoms with Crippen LogP contribution >= 0.6 is 0 Å². The van der Waals surface area contributed by atoms with Crippen LogP contribution in [0.25, 0.3) is 0 Å². The number of para-hydroxylation sites is 1. The van der Waals surface area contributed by atoms with Gasteiger partial charge in [0.15, 0.2) is 0 Å². The highest BCUT2D eigenvalue weighted by Crippen LogP contribution is 2.23. The average molecular weight is 227 g/mol. The van der Waals surface area contributed by atoms with E-state index in [1.807, 2.05) is 43.3 Å². The lowest BCUT2D eigenvalue weighted by Gasteiger charge is -2.17. The van der Waals surface area contributed by atoms with Gasteiger partial charge in [0.25, 0.3) is 0 Å². The summed E-state index contributed by atoms with van der Waals surface area (Å²) in [5, 5.41) is 3.38. The van der Waals surface area contributed by atoms with Crippen molar-refractivity contribution in [1.29, 1.82) is 0 Å². The molecule has 1 unspecified atom stereocenters. The van der Waals surface area contributed by atoms with Crippen molar-refractivity contribution in [2.75, 3.05) is 11.1 Å². The predicted molar refractivity (Wildman–Crippen MR) is 71.9 cm³/mol. The molecule has 0 amide bonds. The van der Waals surface area contributed by atoms with Crippen molar-refractivity contribution in [3.8, 4) is 0 Å². The molecule has 1 heterocycles. The topological polar surface area (TPSA) is 50.9 Å². The Hall–Kier alpha value is -2.03. The first-order valence-corrected chi connectivity index (χ1v) is 5.71. The molecule has 0 radical (unpaired) electrons. The predicted octanol–water partition coefficient (Wildman–Crippen LogP) is 3.15. The van der Waals surface area contributed by atoms with Gasteiger partial charge in [-0.2, -0.15) is 0 Å². The molecule has 17 heavy (non-hydrogen) atoms. The van der Waals surface area contributed by atoms with Gasteiger partial charge in [-0.15, -0.1) is 0 Å². The second-order valence-corrected chi connectivity index (χ2v) is 4.16. The molecule has 3 heteroatoms. The molecule has 1 aromatic carbocycles. The van der Waals surface area contributed by atoms with Gasteiger partial charge in [-0.3, -0.25) is 0 Å². The Morgan fingerprint density at radius 1 is 1.18 bits per heavy atom. The molecule has 2 rings (SSSR count). The molecule has 0 saturated heterocycles. The van der Waals surface area contributed by atoms with Crippen molar-refractivity contribution in [3.63, 3.8) is 0 Å². The molecule has 1 aromatic heterocycles. The largest absolute Gasteiger partial charge is 0.398 e. The average Bonchev–Trinajstić information content (AvgIpc) is 2.32. The number of pyridine rings is 1. The maximum atomic E-state index is 5.95. The van der Waals surface area contributed by atoms with Gasteiger partial charge in [0, 0.05) is 11.9 Å². The van der Waals surface area contributed by atoms with E-state index in [0.717, 1.165) is 22.6 Å². The Balaban J connectivity index is 2.20. The van der Waals surface area contributed by atoms with E-state index < -0.39 is 0 Å². The summed E-state index contributed by atoms with van der Waals surface area (Å²) < 4.78 is 0. The van der Waals surface area contributed by atoms with Crippen LogP contribution in [0, 0.1) is 6.92 Å². The third kappa shape index (κ3) is 2.56. The van der Waals surface area contributed by atoms with Gasteiger partial charge in [0.2, 0.25) is 0 Å². The molecular formula is C14H17N3. The number of rotatable bonds is 3. The zero-order valence-electron chi connectivity index (χ0n) is 10.1. The molecule has 2 aromatic rings. The SMILES string of the molecule is Cc1cccnc1NC(C)c1ccccc1N. The molecule has 0 bridgehead atoms. The number of nitrogens with one attached hydrogen (secondary N) is 1. The number of hydrogen-bond donors (Lipinski definition) is 2. The lowest BCUT2D eigenvalue weighted by molar-refractivity contribution is 0.874. The van der Waals surface area contributed by atoms with Crippen LogP contribution < -0.4 is 11.1 Å². The highest BCUT2D eigenvalue weighted by Gasteiger charge is 2.09. The van der Waals surface area contributed by atoms with E-state index in [2.05, 4.69) is 17.2 Å². The fraction of sp³-hybridized carbons (Fsp3) is 0.214. The fourth-order valence-corrected chi connectivity index (χ4v) is 1.82. The number of nitrogens with zero attached hydrogens (tertiary/aromatic N) is 1. The van der Waals surface area contributed by atoms with Gasteiger partial charge in [0.1, 0.15) is 5.82 Å². The lowest BCUT2D eigenvalue weighted by Crippen LogP contribution is -2.10. The number of hydrogen-bond acceptors (Lipinski definition) is 3. The zero-order valence-corrected chi connectivity index (χ0v) is 10.1. The van der Waals surface area contributed by atoms with E-state index in [-0.39, 0.29) is 6.04 Å². The summed E-state index contributed by atoms with van der Waals surface area (Å²) in [7, 11) is 0. The molecule has 88 valence electrons. The molecule has 0 fully saturated rings. The molecule has 0 saturated carbocycles. The van der Waals surface area contributed by atoms with Crippen LogP contribution in [0.15, 0.2) is 42.6 Å². The van der Waals surface area contributed by atoms with Crippen LogP contribution in [0.1, 0.15) is 24.1 Å². The number of nitrogens with two attached hydrogens (primary N) is 1. The molecular weight excluding hydrogens is 210 g/mol. The van der Waals surface area contributed by atoms with Crippen LogP contribution in [0.2, 0.25) is 0 Å². The summed E-state index contributed by atoms with van der Waals surface area (Å²) in [6.07, 6.45) is 1.79. The van der Waals surface area contributed by atoms with Crippen molar-refractivity contribution in [1.82, 2.24) is 4.98 Å². The van der Waals surface area contributed by atoms with Crippen LogP contribution in [-0.2, 0) is 0 Å². The summed E-state index contributed by atoms with van der Waals surface area (Å²) in [4.78, 5) is 4.32. The highest BCUT2D eigenvalue weighted by molar-refractivity contribution is 5.52. The summed E-state index contributed by atoms with van der Waals surface area (Å²) in [6.45, 7) is 4.12. The summed E-state index contributed by atoms with van der Waals surface area (Å²) in [5.41, 5.74) is 8.99. The van der Waals surface area contributed by atoms with E-state index in [1.165, 1.54) is 0 Å². The van der Waals surface area contributed by atoms with Crippen LogP contribution in [-0.4, -0.2) is 4.98 Å². The fourth-order valence-electron chi connectivity index (χ4n) is 1.82. The van der Waals surface area contributed by atoms with E-state index in [1.54, 1.807) is 6.20 Å². The number of nitrogen functional groups attached to an aromatic ring is 1. The van der Waals surface area contributed by atoms with Gasteiger partial charge >= 0.3 is 0 Å². The third-order valence-corrected chi connectivity index (χ3v) is 2.83. The number of benzene rings is 1. The first-order chi connectivity index (χ1) is 8.18. The Kier molecular flexibility index (Phi) is 3.28. The number of aryl methyl sites for hydroxylation is 1. The molecule has 0 aliphatic carbocycles. The first-order valence-electron chi connectivity index (χ1n) is 5.71. The van der Waals surface area contributed by atoms with E-state index in [9.17, 15) is 0 Å². The number of anilines is 2. The van der Waals surface area contributed by atoms with E-state index >= 15 is 0 Å². The Morgan fingerprint density at radius 2 is 1.94 bits per heavy atom. The van der Waals surface area contributed by atoms with Gasteiger partial charge in [0.05, 0.1) is 6.04 Å². The van der Waals surface area contributed by atoms with Crippen molar-refractivity contribution in [2.24, 2.45) is 0 Å².